The molecule has 0 aromatic heterocycles. The molecule has 0 spiro atoms. The van der Waals surface area contributed by atoms with Crippen LogP contribution in [0.1, 0.15) is 45.4 Å². The van der Waals surface area contributed by atoms with Gasteiger partial charge in [-0.3, -0.25) is 4.99 Å². The van der Waals surface area contributed by atoms with Crippen molar-refractivity contribution in [2.45, 2.75) is 57.6 Å². The molecular weight excluding hydrogens is 254 g/mol. The SMILES string of the molecule is CCNC(=NCCOCC1CC1)NC1CCC(O)CC1. The Hall–Kier alpha value is -0.810. The lowest BCUT2D eigenvalue weighted by Gasteiger charge is -2.27. The molecule has 2 rings (SSSR count). The number of hydrogen-bond donors (Lipinski definition) is 3. The first-order chi connectivity index (χ1) is 9.78. The second-order valence-corrected chi connectivity index (χ2v) is 5.93. The van der Waals surface area contributed by atoms with E-state index >= 15 is 0 Å². The first-order valence-corrected chi connectivity index (χ1v) is 8.08. The maximum absolute atomic E-state index is 9.52. The van der Waals surface area contributed by atoms with Gasteiger partial charge in [0, 0.05) is 19.2 Å². The van der Waals surface area contributed by atoms with Gasteiger partial charge in [0.1, 0.15) is 0 Å². The molecule has 0 heterocycles. The Bertz CT molecular complexity index is 297. The van der Waals surface area contributed by atoms with Crippen molar-refractivity contribution in [3.63, 3.8) is 0 Å². The average molecular weight is 283 g/mol. The van der Waals surface area contributed by atoms with Crippen molar-refractivity contribution in [3.8, 4) is 0 Å². The van der Waals surface area contributed by atoms with Crippen LogP contribution in [-0.2, 0) is 4.74 Å². The van der Waals surface area contributed by atoms with E-state index in [1.165, 1.54) is 12.8 Å². The fourth-order valence-electron chi connectivity index (χ4n) is 2.49. The molecule has 0 atom stereocenters. The van der Waals surface area contributed by atoms with Gasteiger partial charge >= 0.3 is 0 Å². The molecule has 5 heteroatoms. The van der Waals surface area contributed by atoms with Gasteiger partial charge in [-0.25, -0.2) is 0 Å². The van der Waals surface area contributed by atoms with E-state index in [-0.39, 0.29) is 6.10 Å². The summed E-state index contributed by atoms with van der Waals surface area (Å²) in [5.74, 6) is 1.70. The molecule has 5 nitrogen and oxygen atoms in total. The summed E-state index contributed by atoms with van der Waals surface area (Å²) < 4.78 is 5.59. The summed E-state index contributed by atoms with van der Waals surface area (Å²) >= 11 is 0. The van der Waals surface area contributed by atoms with Gasteiger partial charge in [-0.1, -0.05) is 0 Å². The van der Waals surface area contributed by atoms with Gasteiger partial charge in [-0.15, -0.1) is 0 Å². The Labute approximate surface area is 122 Å². The topological polar surface area (TPSA) is 65.9 Å². The number of ether oxygens (including phenoxy) is 1. The van der Waals surface area contributed by atoms with Gasteiger partial charge in [-0.05, 0) is 51.4 Å². The van der Waals surface area contributed by atoms with Gasteiger partial charge in [0.2, 0.25) is 0 Å². The third-order valence-corrected chi connectivity index (χ3v) is 3.94. The summed E-state index contributed by atoms with van der Waals surface area (Å²) in [4.78, 5) is 4.55. The molecule has 0 saturated heterocycles. The number of nitrogens with one attached hydrogen (secondary N) is 2. The largest absolute Gasteiger partial charge is 0.393 e. The lowest BCUT2D eigenvalue weighted by Crippen LogP contribution is -2.45. The van der Waals surface area contributed by atoms with Crippen molar-refractivity contribution < 1.29 is 9.84 Å². The second kappa shape index (κ2) is 8.47. The highest BCUT2D eigenvalue weighted by atomic mass is 16.5. The molecule has 0 aliphatic heterocycles. The highest BCUT2D eigenvalue weighted by molar-refractivity contribution is 5.80. The molecule has 2 saturated carbocycles. The minimum Gasteiger partial charge on any atom is -0.393 e. The summed E-state index contributed by atoms with van der Waals surface area (Å²) in [5.41, 5.74) is 0. The van der Waals surface area contributed by atoms with Crippen molar-refractivity contribution in [3.05, 3.63) is 0 Å². The lowest BCUT2D eigenvalue weighted by atomic mass is 9.93. The van der Waals surface area contributed by atoms with E-state index in [1.54, 1.807) is 0 Å². The first kappa shape index (κ1) is 15.6. The summed E-state index contributed by atoms with van der Waals surface area (Å²) in [5, 5.41) is 16.3. The van der Waals surface area contributed by atoms with Crippen LogP contribution >= 0.6 is 0 Å². The van der Waals surface area contributed by atoms with E-state index in [4.69, 9.17) is 4.74 Å². The number of aliphatic imine (C=N–C) groups is 1. The summed E-state index contributed by atoms with van der Waals surface area (Å²) in [6.07, 6.45) is 6.38. The predicted octanol–water partition coefficient (Wildman–Crippen LogP) is 1.27. The van der Waals surface area contributed by atoms with E-state index in [2.05, 4.69) is 22.5 Å². The normalized spacial score (nSPS) is 27.4. The standard InChI is InChI=1S/C15H29N3O2/c1-2-16-15(17-9-10-20-11-12-3-4-12)18-13-5-7-14(19)8-6-13/h12-14,19H,2-11H2,1H3,(H2,16,17,18). The van der Waals surface area contributed by atoms with Crippen LogP contribution < -0.4 is 10.6 Å². The van der Waals surface area contributed by atoms with Crippen LogP contribution in [0.15, 0.2) is 4.99 Å². The van der Waals surface area contributed by atoms with Crippen molar-refractivity contribution in [2.24, 2.45) is 10.9 Å². The first-order valence-electron chi connectivity index (χ1n) is 8.08. The fourth-order valence-corrected chi connectivity index (χ4v) is 2.49. The zero-order valence-corrected chi connectivity index (χ0v) is 12.6. The minimum absolute atomic E-state index is 0.108. The number of nitrogens with zero attached hydrogens (tertiary/aromatic N) is 1. The van der Waals surface area contributed by atoms with E-state index in [0.717, 1.165) is 50.7 Å². The van der Waals surface area contributed by atoms with Crippen LogP contribution in [0.3, 0.4) is 0 Å². The van der Waals surface area contributed by atoms with Crippen LogP contribution in [0.2, 0.25) is 0 Å². The molecule has 3 N–H and O–H groups in total. The van der Waals surface area contributed by atoms with Gasteiger partial charge in [0.25, 0.3) is 0 Å². The molecule has 20 heavy (non-hydrogen) atoms. The number of hydrogen-bond acceptors (Lipinski definition) is 3. The van der Waals surface area contributed by atoms with Crippen molar-refractivity contribution in [1.29, 1.82) is 0 Å². The monoisotopic (exact) mass is 283 g/mol. The Balaban J connectivity index is 1.64. The number of aliphatic hydroxyl groups is 1. The zero-order valence-electron chi connectivity index (χ0n) is 12.6. The third-order valence-electron chi connectivity index (χ3n) is 3.94. The molecular formula is C15H29N3O2. The molecule has 0 aromatic carbocycles. The molecule has 0 unspecified atom stereocenters. The molecule has 0 bridgehead atoms. The number of rotatable bonds is 7. The maximum atomic E-state index is 9.52. The smallest absolute Gasteiger partial charge is 0.191 e. The van der Waals surface area contributed by atoms with E-state index < -0.39 is 0 Å². The van der Waals surface area contributed by atoms with Crippen LogP contribution in [0.25, 0.3) is 0 Å². The molecule has 0 radical (unpaired) electrons. The predicted molar refractivity (Wildman–Crippen MR) is 80.9 cm³/mol. The molecule has 0 amide bonds. The van der Waals surface area contributed by atoms with Gasteiger partial charge in [-0.2, -0.15) is 0 Å². The Morgan fingerprint density at radius 1 is 1.20 bits per heavy atom. The Kier molecular flexibility index (Phi) is 6.60. The number of aliphatic hydroxyl groups excluding tert-OH is 1. The van der Waals surface area contributed by atoms with E-state index in [0.29, 0.717) is 19.2 Å². The van der Waals surface area contributed by atoms with Gasteiger partial charge in [0.15, 0.2) is 5.96 Å². The Morgan fingerprint density at radius 2 is 1.95 bits per heavy atom. The summed E-state index contributed by atoms with van der Waals surface area (Å²) in [6, 6.07) is 0.434. The lowest BCUT2D eigenvalue weighted by molar-refractivity contribution is 0.120. The Morgan fingerprint density at radius 3 is 2.60 bits per heavy atom. The van der Waals surface area contributed by atoms with Crippen LogP contribution in [-0.4, -0.2) is 49.5 Å². The minimum atomic E-state index is -0.108. The van der Waals surface area contributed by atoms with E-state index in [9.17, 15) is 5.11 Å². The maximum Gasteiger partial charge on any atom is 0.191 e. The van der Waals surface area contributed by atoms with Crippen LogP contribution in [0, 0.1) is 5.92 Å². The van der Waals surface area contributed by atoms with E-state index in [1.807, 2.05) is 0 Å². The summed E-state index contributed by atoms with van der Waals surface area (Å²) in [6.45, 7) is 5.25. The molecule has 116 valence electrons. The molecule has 0 aromatic rings. The van der Waals surface area contributed by atoms with Crippen molar-refractivity contribution in [1.82, 2.24) is 10.6 Å². The second-order valence-electron chi connectivity index (χ2n) is 5.93. The van der Waals surface area contributed by atoms with Crippen LogP contribution in [0.4, 0.5) is 0 Å². The highest BCUT2D eigenvalue weighted by Crippen LogP contribution is 2.28. The molecule has 2 fully saturated rings. The van der Waals surface area contributed by atoms with Gasteiger partial charge in [0.05, 0.1) is 19.3 Å². The van der Waals surface area contributed by atoms with Crippen LogP contribution in [0.5, 0.6) is 0 Å². The quantitative estimate of drug-likeness (QED) is 0.374. The average Bonchev–Trinajstić information content (AvgIpc) is 3.25. The highest BCUT2D eigenvalue weighted by Gasteiger charge is 2.21. The van der Waals surface area contributed by atoms with Crippen molar-refractivity contribution in [2.75, 3.05) is 26.3 Å². The van der Waals surface area contributed by atoms with Gasteiger partial charge < -0.3 is 20.5 Å². The summed E-state index contributed by atoms with van der Waals surface area (Å²) in [7, 11) is 0. The molecule has 2 aliphatic rings. The number of guanidine groups is 1. The van der Waals surface area contributed by atoms with Crippen molar-refractivity contribution >= 4 is 5.96 Å². The third kappa shape index (κ3) is 6.09. The molecule has 2 aliphatic carbocycles. The fraction of sp³-hybridized carbons (Fsp3) is 0.933. The zero-order chi connectivity index (χ0) is 14.2.